The number of esters is 1. The van der Waals surface area contributed by atoms with E-state index in [1.165, 1.54) is 48.9 Å². The molecule has 1 aliphatic rings. The molecule has 0 saturated heterocycles. The summed E-state index contributed by atoms with van der Waals surface area (Å²) in [5.74, 6) is 0.372. The van der Waals surface area contributed by atoms with Crippen LogP contribution < -0.4 is 4.90 Å². The maximum atomic E-state index is 11.6. The molecule has 0 radical (unpaired) electrons. The number of hydrogen-bond donors (Lipinski definition) is 0. The minimum absolute atomic E-state index is 0.314. The van der Waals surface area contributed by atoms with Crippen LogP contribution in [0.4, 0.5) is 5.69 Å². The van der Waals surface area contributed by atoms with Crippen LogP contribution in [-0.4, -0.2) is 32.0 Å². The predicted octanol–water partition coefficient (Wildman–Crippen LogP) is 4.90. The Labute approximate surface area is 151 Å². The van der Waals surface area contributed by atoms with Gasteiger partial charge in [-0.3, -0.25) is 4.79 Å². The zero-order valence-corrected chi connectivity index (χ0v) is 15.9. The van der Waals surface area contributed by atoms with Crippen LogP contribution in [0, 0.1) is 0 Å². The fourth-order valence-electron chi connectivity index (χ4n) is 3.53. The highest BCUT2D eigenvalue weighted by atomic mass is 35.5. The van der Waals surface area contributed by atoms with Crippen molar-refractivity contribution in [3.63, 3.8) is 0 Å². The third kappa shape index (κ3) is 5.14. The molecule has 0 aromatic heterocycles. The smallest absolute Gasteiger partial charge is 0.324 e. The number of carbonyl (C=O) groups excluding carboxylic acids is 1. The maximum absolute atomic E-state index is 11.6. The van der Waals surface area contributed by atoms with E-state index in [9.17, 15) is 4.79 Å². The van der Waals surface area contributed by atoms with Gasteiger partial charge in [0.1, 0.15) is 5.38 Å². The van der Waals surface area contributed by atoms with Crippen molar-refractivity contribution < 1.29 is 9.53 Å². The average molecular weight is 352 g/mol. The monoisotopic (exact) mass is 351 g/mol. The second-order valence-corrected chi connectivity index (χ2v) is 7.41. The van der Waals surface area contributed by atoms with Gasteiger partial charge in [-0.2, -0.15) is 0 Å². The van der Waals surface area contributed by atoms with Crippen molar-refractivity contribution in [3.05, 3.63) is 29.3 Å². The fraction of sp³-hybridized carbons (Fsp3) is 0.650. The number of rotatable bonds is 7. The van der Waals surface area contributed by atoms with Crippen LogP contribution in [0.25, 0.3) is 0 Å². The van der Waals surface area contributed by atoms with E-state index < -0.39 is 5.38 Å². The molecule has 1 atom stereocenters. The molecule has 1 saturated carbocycles. The van der Waals surface area contributed by atoms with E-state index >= 15 is 0 Å². The predicted molar refractivity (Wildman–Crippen MR) is 101 cm³/mol. The first-order valence-electron chi connectivity index (χ1n) is 9.13. The molecule has 1 aromatic carbocycles. The summed E-state index contributed by atoms with van der Waals surface area (Å²) in [5.41, 5.74) is 4.01. The van der Waals surface area contributed by atoms with Crippen molar-refractivity contribution in [1.29, 1.82) is 0 Å². The molecule has 1 fully saturated rings. The molecule has 0 aliphatic heterocycles. The summed E-state index contributed by atoms with van der Waals surface area (Å²) in [6.45, 7) is 2.18. The number of halogens is 1. The highest BCUT2D eigenvalue weighted by molar-refractivity contribution is 6.29. The van der Waals surface area contributed by atoms with Crippen molar-refractivity contribution in [3.8, 4) is 0 Å². The van der Waals surface area contributed by atoms with Gasteiger partial charge in [0.25, 0.3) is 0 Å². The molecule has 0 amide bonds. The second kappa shape index (κ2) is 9.31. The van der Waals surface area contributed by atoms with E-state index in [1.807, 2.05) is 0 Å². The van der Waals surface area contributed by atoms with Crippen molar-refractivity contribution in [2.45, 2.75) is 63.2 Å². The summed E-state index contributed by atoms with van der Waals surface area (Å²) >= 11 is 6.13. The number of benzene rings is 1. The van der Waals surface area contributed by atoms with Crippen LogP contribution in [-0.2, 0) is 16.0 Å². The number of nitrogens with zero attached hydrogens (tertiary/aromatic N) is 1. The van der Waals surface area contributed by atoms with E-state index in [0.717, 1.165) is 6.42 Å². The van der Waals surface area contributed by atoms with E-state index in [1.54, 1.807) is 6.92 Å². The Balaban J connectivity index is 2.06. The molecule has 4 heteroatoms. The number of anilines is 1. The molecule has 0 bridgehead atoms. The molecule has 1 unspecified atom stereocenters. The number of alkyl halides is 1. The maximum Gasteiger partial charge on any atom is 0.324 e. The standard InChI is InChI=1S/C20H30ClNO2/c1-4-24-20(23)18(21)13-11-15-10-12-17(19(14-15)22(2)3)16-8-6-5-7-9-16/h10,12,14,16,18H,4-9,11,13H2,1-3H3. The van der Waals surface area contributed by atoms with Gasteiger partial charge in [-0.05, 0) is 55.7 Å². The van der Waals surface area contributed by atoms with Crippen LogP contribution >= 0.6 is 11.6 Å². The largest absolute Gasteiger partial charge is 0.465 e. The fourth-order valence-corrected chi connectivity index (χ4v) is 3.71. The lowest BCUT2D eigenvalue weighted by molar-refractivity contribution is -0.142. The summed E-state index contributed by atoms with van der Waals surface area (Å²) in [4.78, 5) is 13.8. The normalized spacial score (nSPS) is 16.7. The van der Waals surface area contributed by atoms with Gasteiger partial charge in [0, 0.05) is 19.8 Å². The third-order valence-electron chi connectivity index (χ3n) is 4.85. The SMILES string of the molecule is CCOC(=O)C(Cl)CCc1ccc(C2CCCCC2)c(N(C)C)c1. The zero-order chi connectivity index (χ0) is 17.5. The van der Waals surface area contributed by atoms with E-state index in [0.29, 0.717) is 18.9 Å². The number of hydrogen-bond acceptors (Lipinski definition) is 3. The summed E-state index contributed by atoms with van der Waals surface area (Å²) in [5, 5.41) is -0.564. The van der Waals surface area contributed by atoms with Crippen molar-refractivity contribution in [1.82, 2.24) is 0 Å². The molecular formula is C20H30ClNO2. The molecule has 0 N–H and O–H groups in total. The van der Waals surface area contributed by atoms with Gasteiger partial charge in [-0.15, -0.1) is 11.6 Å². The summed E-state index contributed by atoms with van der Waals surface area (Å²) in [6.07, 6.45) is 8.05. The summed E-state index contributed by atoms with van der Waals surface area (Å²) < 4.78 is 4.97. The Morgan fingerprint density at radius 3 is 2.62 bits per heavy atom. The molecular weight excluding hydrogens is 322 g/mol. The quantitative estimate of drug-likeness (QED) is 0.516. The Bertz CT molecular complexity index is 538. The summed E-state index contributed by atoms with van der Waals surface area (Å²) in [7, 11) is 4.21. The topological polar surface area (TPSA) is 29.5 Å². The average Bonchev–Trinajstić information content (AvgIpc) is 2.60. The molecule has 1 aliphatic carbocycles. The highest BCUT2D eigenvalue weighted by Crippen LogP contribution is 2.37. The minimum atomic E-state index is -0.564. The first kappa shape index (κ1) is 19.1. The Hall–Kier alpha value is -1.22. The minimum Gasteiger partial charge on any atom is -0.465 e. The Kier molecular flexibility index (Phi) is 7.41. The lowest BCUT2D eigenvalue weighted by atomic mass is 9.82. The van der Waals surface area contributed by atoms with Crippen LogP contribution in [0.1, 0.15) is 62.5 Å². The first-order chi connectivity index (χ1) is 11.5. The zero-order valence-electron chi connectivity index (χ0n) is 15.2. The van der Waals surface area contributed by atoms with Crippen molar-refractivity contribution in [2.75, 3.05) is 25.6 Å². The van der Waals surface area contributed by atoms with Crippen LogP contribution in [0.5, 0.6) is 0 Å². The highest BCUT2D eigenvalue weighted by Gasteiger charge is 2.20. The number of carbonyl (C=O) groups is 1. The van der Waals surface area contributed by atoms with E-state index in [-0.39, 0.29) is 5.97 Å². The van der Waals surface area contributed by atoms with Crippen molar-refractivity contribution in [2.24, 2.45) is 0 Å². The number of ether oxygens (including phenoxy) is 1. The van der Waals surface area contributed by atoms with Gasteiger partial charge < -0.3 is 9.64 Å². The number of aryl methyl sites for hydroxylation is 1. The van der Waals surface area contributed by atoms with Gasteiger partial charge >= 0.3 is 5.97 Å². The molecule has 1 aromatic rings. The molecule has 134 valence electrons. The van der Waals surface area contributed by atoms with Crippen molar-refractivity contribution >= 4 is 23.3 Å². The van der Waals surface area contributed by atoms with Crippen LogP contribution in [0.2, 0.25) is 0 Å². The lowest BCUT2D eigenvalue weighted by Crippen LogP contribution is -2.19. The van der Waals surface area contributed by atoms with E-state index in [2.05, 4.69) is 37.2 Å². The van der Waals surface area contributed by atoms with E-state index in [4.69, 9.17) is 16.3 Å². The van der Waals surface area contributed by atoms with Gasteiger partial charge in [-0.1, -0.05) is 31.4 Å². The van der Waals surface area contributed by atoms with Gasteiger partial charge in [-0.25, -0.2) is 0 Å². The molecule has 0 spiro atoms. The Morgan fingerprint density at radius 1 is 1.29 bits per heavy atom. The summed E-state index contributed by atoms with van der Waals surface area (Å²) in [6, 6.07) is 6.75. The van der Waals surface area contributed by atoms with Gasteiger partial charge in [0.15, 0.2) is 0 Å². The van der Waals surface area contributed by atoms with Crippen LogP contribution in [0.15, 0.2) is 18.2 Å². The second-order valence-electron chi connectivity index (χ2n) is 6.88. The third-order valence-corrected chi connectivity index (χ3v) is 5.25. The van der Waals surface area contributed by atoms with Crippen LogP contribution in [0.3, 0.4) is 0 Å². The van der Waals surface area contributed by atoms with Gasteiger partial charge in [0.05, 0.1) is 6.61 Å². The molecule has 3 nitrogen and oxygen atoms in total. The lowest BCUT2D eigenvalue weighted by Gasteiger charge is -2.27. The van der Waals surface area contributed by atoms with Gasteiger partial charge in [0.2, 0.25) is 0 Å². The Morgan fingerprint density at radius 2 is 2.00 bits per heavy atom. The molecule has 0 heterocycles. The first-order valence-corrected chi connectivity index (χ1v) is 9.57. The molecule has 24 heavy (non-hydrogen) atoms. The molecule has 2 rings (SSSR count).